The van der Waals surface area contributed by atoms with E-state index in [0.717, 1.165) is 12.8 Å². The molecule has 0 rings (SSSR count). The average molecular weight is 305 g/mol. The summed E-state index contributed by atoms with van der Waals surface area (Å²) in [4.78, 5) is 11.4. The molecule has 0 aromatic rings. The Labute approximate surface area is 127 Å². The number of hydrogen-bond donors (Lipinski definition) is 0. The topological polar surface area (TPSA) is 41.5 Å². The highest BCUT2D eigenvalue weighted by Crippen LogP contribution is 2.28. The standard InChI is InChI=1S/C16H34O3P/c1-3-5-7-9-11-13-15-18-20(17)19-16-14-12-10-8-6-4-2/h3-16H2,1-2H3/q-1. The minimum Gasteiger partial charge on any atom is -0.786 e. The first-order valence-electron chi connectivity index (χ1n) is 8.54. The minimum absolute atomic E-state index is 0.567. The lowest BCUT2D eigenvalue weighted by Crippen LogP contribution is -2.05. The van der Waals surface area contributed by atoms with E-state index in [4.69, 9.17) is 9.05 Å². The van der Waals surface area contributed by atoms with Gasteiger partial charge >= 0.3 is 0 Å². The lowest BCUT2D eigenvalue weighted by atomic mass is 10.1. The predicted molar refractivity (Wildman–Crippen MR) is 85.6 cm³/mol. The van der Waals surface area contributed by atoms with Gasteiger partial charge in [-0.3, -0.25) is 0 Å². The zero-order valence-electron chi connectivity index (χ0n) is 13.6. The summed E-state index contributed by atoms with van der Waals surface area (Å²) in [6.07, 6.45) is 14.6. The number of hydrogen-bond acceptors (Lipinski definition) is 3. The van der Waals surface area contributed by atoms with Crippen LogP contribution in [0.3, 0.4) is 0 Å². The van der Waals surface area contributed by atoms with Gasteiger partial charge in [0.2, 0.25) is 0 Å². The lowest BCUT2D eigenvalue weighted by Gasteiger charge is -2.22. The molecule has 0 aliphatic rings. The van der Waals surface area contributed by atoms with E-state index >= 15 is 0 Å². The molecule has 0 heterocycles. The molecule has 0 spiro atoms. The second kappa shape index (κ2) is 17.4. The van der Waals surface area contributed by atoms with Crippen LogP contribution < -0.4 is 4.89 Å². The van der Waals surface area contributed by atoms with Crippen molar-refractivity contribution in [3.05, 3.63) is 0 Å². The molecular formula is C16H34O3P-. The van der Waals surface area contributed by atoms with Gasteiger partial charge in [0.25, 0.3) is 0 Å². The molecule has 3 nitrogen and oxygen atoms in total. The highest BCUT2D eigenvalue weighted by Gasteiger charge is 1.97. The maximum Gasteiger partial charge on any atom is 0.0828 e. The highest BCUT2D eigenvalue weighted by molar-refractivity contribution is 7.39. The highest BCUT2D eigenvalue weighted by atomic mass is 31.2. The van der Waals surface area contributed by atoms with Crippen molar-refractivity contribution < 1.29 is 13.9 Å². The molecule has 0 fully saturated rings. The summed E-state index contributed by atoms with van der Waals surface area (Å²) in [5.74, 6) is 0. The molecule has 0 bridgehead atoms. The van der Waals surface area contributed by atoms with Gasteiger partial charge in [-0.1, -0.05) is 78.1 Å². The molecule has 0 N–H and O–H groups in total. The van der Waals surface area contributed by atoms with Crippen LogP contribution in [-0.4, -0.2) is 13.2 Å². The third kappa shape index (κ3) is 16.4. The Morgan fingerprint density at radius 1 is 0.600 bits per heavy atom. The summed E-state index contributed by atoms with van der Waals surface area (Å²) in [6.45, 7) is 5.57. The molecule has 4 heteroatoms. The van der Waals surface area contributed by atoms with Crippen LogP contribution in [0.15, 0.2) is 0 Å². The molecule has 122 valence electrons. The molecule has 0 aromatic heterocycles. The van der Waals surface area contributed by atoms with E-state index in [-0.39, 0.29) is 0 Å². The van der Waals surface area contributed by atoms with Gasteiger partial charge in [0.1, 0.15) is 0 Å². The van der Waals surface area contributed by atoms with Crippen molar-refractivity contribution in [2.75, 3.05) is 13.2 Å². The Kier molecular flexibility index (Phi) is 17.6. The molecule has 0 aliphatic carbocycles. The van der Waals surface area contributed by atoms with Gasteiger partial charge < -0.3 is 13.9 Å². The summed E-state index contributed by atoms with van der Waals surface area (Å²) in [5, 5.41) is 0. The van der Waals surface area contributed by atoms with E-state index in [1.807, 2.05) is 0 Å². The average Bonchev–Trinajstić information content (AvgIpc) is 2.45. The fourth-order valence-corrected chi connectivity index (χ4v) is 2.71. The Hall–Kier alpha value is 0.310. The van der Waals surface area contributed by atoms with Crippen LogP contribution in [0.2, 0.25) is 0 Å². The fraction of sp³-hybridized carbons (Fsp3) is 1.00. The molecule has 0 amide bonds. The van der Waals surface area contributed by atoms with Crippen LogP contribution in [0.4, 0.5) is 0 Å². The van der Waals surface area contributed by atoms with Crippen LogP contribution in [0.1, 0.15) is 90.9 Å². The molecule has 0 aromatic carbocycles. The first-order valence-corrected chi connectivity index (χ1v) is 9.63. The van der Waals surface area contributed by atoms with E-state index in [2.05, 4.69) is 13.8 Å². The SMILES string of the molecule is CCCCCCCCOP([O-])OCCCCCCCC. The van der Waals surface area contributed by atoms with E-state index in [1.54, 1.807) is 0 Å². The largest absolute Gasteiger partial charge is 0.786 e. The van der Waals surface area contributed by atoms with Crippen molar-refractivity contribution in [3.8, 4) is 0 Å². The number of rotatable bonds is 16. The van der Waals surface area contributed by atoms with Gasteiger partial charge in [0, 0.05) is 0 Å². The van der Waals surface area contributed by atoms with Crippen LogP contribution >= 0.6 is 8.60 Å². The van der Waals surface area contributed by atoms with Gasteiger partial charge in [-0.2, -0.15) is 0 Å². The van der Waals surface area contributed by atoms with Gasteiger partial charge in [0.05, 0.1) is 21.8 Å². The summed E-state index contributed by atoms with van der Waals surface area (Å²) in [5.41, 5.74) is 0. The molecule has 20 heavy (non-hydrogen) atoms. The Morgan fingerprint density at radius 3 is 1.35 bits per heavy atom. The second-order valence-corrected chi connectivity index (χ2v) is 6.39. The van der Waals surface area contributed by atoms with Crippen molar-refractivity contribution in [1.29, 1.82) is 0 Å². The van der Waals surface area contributed by atoms with E-state index < -0.39 is 8.60 Å². The summed E-state index contributed by atoms with van der Waals surface area (Å²) in [7, 11) is -1.89. The second-order valence-electron chi connectivity index (χ2n) is 5.43. The van der Waals surface area contributed by atoms with Gasteiger partial charge in [0.15, 0.2) is 0 Å². The van der Waals surface area contributed by atoms with Crippen LogP contribution in [0.5, 0.6) is 0 Å². The quantitative estimate of drug-likeness (QED) is 0.286. The van der Waals surface area contributed by atoms with Crippen molar-refractivity contribution >= 4 is 8.60 Å². The van der Waals surface area contributed by atoms with Crippen LogP contribution in [0, 0.1) is 0 Å². The molecule has 0 saturated heterocycles. The molecular weight excluding hydrogens is 271 g/mol. The van der Waals surface area contributed by atoms with Crippen LogP contribution in [0.25, 0.3) is 0 Å². The van der Waals surface area contributed by atoms with Gasteiger partial charge in [-0.15, -0.1) is 0 Å². The van der Waals surface area contributed by atoms with Crippen molar-refractivity contribution in [2.45, 2.75) is 90.9 Å². The molecule has 0 aliphatic heterocycles. The third-order valence-corrected chi connectivity index (χ3v) is 4.18. The Balaban J connectivity index is 3.11. The minimum atomic E-state index is -1.89. The Morgan fingerprint density at radius 2 is 0.950 bits per heavy atom. The smallest absolute Gasteiger partial charge is 0.0828 e. The third-order valence-electron chi connectivity index (χ3n) is 3.39. The molecule has 0 atom stereocenters. The monoisotopic (exact) mass is 305 g/mol. The van der Waals surface area contributed by atoms with E-state index in [1.165, 1.54) is 64.2 Å². The first-order chi connectivity index (χ1) is 9.81. The van der Waals surface area contributed by atoms with E-state index in [9.17, 15) is 4.89 Å². The summed E-state index contributed by atoms with van der Waals surface area (Å²) < 4.78 is 10.4. The molecule has 0 saturated carbocycles. The summed E-state index contributed by atoms with van der Waals surface area (Å²) >= 11 is 0. The normalized spacial score (nSPS) is 11.4. The zero-order valence-corrected chi connectivity index (χ0v) is 14.5. The first kappa shape index (κ1) is 20.3. The van der Waals surface area contributed by atoms with Crippen LogP contribution in [-0.2, 0) is 9.05 Å². The molecule has 0 radical (unpaired) electrons. The Bertz CT molecular complexity index is 161. The molecule has 0 unspecified atom stereocenters. The van der Waals surface area contributed by atoms with Gasteiger partial charge in [-0.05, 0) is 12.8 Å². The predicted octanol–water partition coefficient (Wildman–Crippen LogP) is 5.33. The zero-order chi connectivity index (χ0) is 14.9. The maximum atomic E-state index is 11.4. The van der Waals surface area contributed by atoms with Crippen molar-refractivity contribution in [1.82, 2.24) is 0 Å². The maximum absolute atomic E-state index is 11.4. The number of unbranched alkanes of at least 4 members (excludes halogenated alkanes) is 10. The fourth-order valence-electron chi connectivity index (χ4n) is 2.08. The van der Waals surface area contributed by atoms with Gasteiger partial charge in [-0.25, -0.2) is 0 Å². The van der Waals surface area contributed by atoms with Crippen molar-refractivity contribution in [3.63, 3.8) is 0 Å². The van der Waals surface area contributed by atoms with E-state index in [0.29, 0.717) is 13.2 Å². The lowest BCUT2D eigenvalue weighted by molar-refractivity contribution is -0.204. The van der Waals surface area contributed by atoms with Crippen molar-refractivity contribution in [2.24, 2.45) is 0 Å². The summed E-state index contributed by atoms with van der Waals surface area (Å²) in [6, 6.07) is 0.